The van der Waals surface area contributed by atoms with Gasteiger partial charge in [-0.2, -0.15) is 10.1 Å². The zero-order chi connectivity index (χ0) is 18.1. The molecule has 0 bridgehead atoms. The Morgan fingerprint density at radius 1 is 1.38 bits per heavy atom. The molecule has 2 heterocycles. The molecule has 1 aliphatic rings. The second-order valence-corrected chi connectivity index (χ2v) is 6.33. The molecule has 2 aromatic heterocycles. The molecule has 0 aliphatic heterocycles. The standard InChI is InChI=1S/C18H19N5O3/c1-22(11-16-20-17(21-26-16)12-7-8-12)18(24)13-9-19-23(10-13)14-5-3-4-6-15(14)25-2/h3-6,9-10,12H,7-8,11H2,1-2H3. The average Bonchev–Trinajstić information content (AvgIpc) is 3.21. The van der Waals surface area contributed by atoms with Crippen molar-refractivity contribution in [3.8, 4) is 11.4 Å². The summed E-state index contributed by atoms with van der Waals surface area (Å²) in [6.07, 6.45) is 5.43. The van der Waals surface area contributed by atoms with E-state index in [4.69, 9.17) is 9.26 Å². The lowest BCUT2D eigenvalue weighted by molar-refractivity contribution is 0.0769. The van der Waals surface area contributed by atoms with Crippen molar-refractivity contribution < 1.29 is 14.1 Å². The average molecular weight is 353 g/mol. The number of ether oxygens (including phenoxy) is 1. The number of nitrogens with zero attached hydrogens (tertiary/aromatic N) is 5. The quantitative estimate of drug-likeness (QED) is 0.676. The van der Waals surface area contributed by atoms with Crippen LogP contribution in [0, 0.1) is 0 Å². The SMILES string of the molecule is COc1ccccc1-n1cc(C(=O)N(C)Cc2nc(C3CC3)no2)cn1. The number of rotatable bonds is 6. The van der Waals surface area contributed by atoms with Crippen molar-refractivity contribution in [2.45, 2.75) is 25.3 Å². The fourth-order valence-electron chi connectivity index (χ4n) is 2.72. The Hall–Kier alpha value is -3.16. The third-order valence-electron chi connectivity index (χ3n) is 4.31. The molecule has 0 saturated heterocycles. The molecule has 3 aromatic rings. The first-order chi connectivity index (χ1) is 12.7. The number of carbonyl (C=O) groups is 1. The van der Waals surface area contributed by atoms with Crippen LogP contribution in [0.25, 0.3) is 5.69 Å². The van der Waals surface area contributed by atoms with E-state index >= 15 is 0 Å². The van der Waals surface area contributed by atoms with E-state index in [-0.39, 0.29) is 12.5 Å². The molecular formula is C18H19N5O3. The number of carbonyl (C=O) groups excluding carboxylic acids is 1. The van der Waals surface area contributed by atoms with Crippen LogP contribution in [-0.4, -0.2) is 44.9 Å². The summed E-state index contributed by atoms with van der Waals surface area (Å²) in [6.45, 7) is 0.262. The maximum absolute atomic E-state index is 12.7. The van der Waals surface area contributed by atoms with Gasteiger partial charge in [0.05, 0.1) is 25.4 Å². The van der Waals surface area contributed by atoms with Crippen molar-refractivity contribution in [2.24, 2.45) is 0 Å². The van der Waals surface area contributed by atoms with E-state index in [2.05, 4.69) is 15.2 Å². The van der Waals surface area contributed by atoms with Gasteiger partial charge in [0.1, 0.15) is 11.4 Å². The molecule has 8 heteroatoms. The van der Waals surface area contributed by atoms with Gasteiger partial charge < -0.3 is 14.2 Å². The summed E-state index contributed by atoms with van der Waals surface area (Å²) >= 11 is 0. The minimum atomic E-state index is -0.169. The number of aromatic nitrogens is 4. The van der Waals surface area contributed by atoms with E-state index < -0.39 is 0 Å². The molecule has 1 aromatic carbocycles. The molecule has 0 unspecified atom stereocenters. The number of hydrogen-bond donors (Lipinski definition) is 0. The topological polar surface area (TPSA) is 86.3 Å². The van der Waals surface area contributed by atoms with Gasteiger partial charge in [0.2, 0.25) is 5.89 Å². The van der Waals surface area contributed by atoms with E-state index in [1.807, 2.05) is 24.3 Å². The van der Waals surface area contributed by atoms with E-state index in [0.29, 0.717) is 23.1 Å². The molecule has 134 valence electrons. The third kappa shape index (κ3) is 3.17. The van der Waals surface area contributed by atoms with Crippen LogP contribution in [-0.2, 0) is 6.54 Å². The summed E-state index contributed by atoms with van der Waals surface area (Å²) in [5.74, 6) is 2.12. The molecule has 0 atom stereocenters. The van der Waals surface area contributed by atoms with Crippen LogP contribution < -0.4 is 4.74 Å². The van der Waals surface area contributed by atoms with Gasteiger partial charge in [0.15, 0.2) is 5.82 Å². The first kappa shape index (κ1) is 16.3. The Morgan fingerprint density at radius 3 is 2.96 bits per heavy atom. The number of methoxy groups -OCH3 is 1. The molecule has 4 rings (SSSR count). The molecule has 1 aliphatic carbocycles. The lowest BCUT2D eigenvalue weighted by atomic mass is 10.3. The van der Waals surface area contributed by atoms with Crippen molar-refractivity contribution in [1.82, 2.24) is 24.8 Å². The fraction of sp³-hybridized carbons (Fsp3) is 0.333. The Balaban J connectivity index is 1.48. The Bertz CT molecular complexity index is 928. The van der Waals surface area contributed by atoms with Crippen LogP contribution in [0.3, 0.4) is 0 Å². The Morgan fingerprint density at radius 2 is 2.19 bits per heavy atom. The first-order valence-corrected chi connectivity index (χ1v) is 8.41. The highest BCUT2D eigenvalue weighted by molar-refractivity contribution is 5.93. The molecule has 0 radical (unpaired) electrons. The molecule has 8 nitrogen and oxygen atoms in total. The van der Waals surface area contributed by atoms with Crippen LogP contribution in [0.4, 0.5) is 0 Å². The van der Waals surface area contributed by atoms with Crippen LogP contribution in [0.15, 0.2) is 41.2 Å². The maximum Gasteiger partial charge on any atom is 0.257 e. The summed E-state index contributed by atoms with van der Waals surface area (Å²) in [5, 5.41) is 8.25. The maximum atomic E-state index is 12.7. The zero-order valence-electron chi connectivity index (χ0n) is 14.6. The van der Waals surface area contributed by atoms with Crippen molar-refractivity contribution in [2.75, 3.05) is 14.2 Å². The van der Waals surface area contributed by atoms with E-state index in [1.165, 1.54) is 11.1 Å². The predicted molar refractivity (Wildman–Crippen MR) is 92.2 cm³/mol. The van der Waals surface area contributed by atoms with E-state index in [0.717, 1.165) is 24.4 Å². The summed E-state index contributed by atoms with van der Waals surface area (Å²) in [6, 6.07) is 7.49. The molecule has 0 N–H and O–H groups in total. The minimum absolute atomic E-state index is 0.169. The Kier molecular flexibility index (Phi) is 4.16. The van der Waals surface area contributed by atoms with Crippen LogP contribution in [0.2, 0.25) is 0 Å². The van der Waals surface area contributed by atoms with Crippen molar-refractivity contribution >= 4 is 5.91 Å². The summed E-state index contributed by atoms with van der Waals surface area (Å²) in [7, 11) is 3.30. The van der Waals surface area contributed by atoms with Gasteiger partial charge in [-0.15, -0.1) is 0 Å². The summed E-state index contributed by atoms with van der Waals surface area (Å²) in [5.41, 5.74) is 1.24. The van der Waals surface area contributed by atoms with Gasteiger partial charge in [-0.05, 0) is 25.0 Å². The summed E-state index contributed by atoms with van der Waals surface area (Å²) in [4.78, 5) is 18.5. The van der Waals surface area contributed by atoms with Crippen molar-refractivity contribution in [3.63, 3.8) is 0 Å². The highest BCUT2D eigenvalue weighted by Crippen LogP contribution is 2.38. The van der Waals surface area contributed by atoms with Crippen molar-refractivity contribution in [1.29, 1.82) is 0 Å². The molecule has 0 spiro atoms. The predicted octanol–water partition coefficient (Wildman–Crippen LogP) is 2.41. The minimum Gasteiger partial charge on any atom is -0.494 e. The van der Waals surface area contributed by atoms with E-state index in [9.17, 15) is 4.79 Å². The lowest BCUT2D eigenvalue weighted by Gasteiger charge is -2.13. The number of benzene rings is 1. The molecule has 1 fully saturated rings. The van der Waals surface area contributed by atoms with Gasteiger partial charge in [-0.3, -0.25) is 4.79 Å². The van der Waals surface area contributed by atoms with Crippen LogP contribution in [0.1, 0.15) is 40.8 Å². The van der Waals surface area contributed by atoms with Gasteiger partial charge in [-0.1, -0.05) is 17.3 Å². The van der Waals surface area contributed by atoms with Gasteiger partial charge in [0, 0.05) is 19.2 Å². The third-order valence-corrected chi connectivity index (χ3v) is 4.31. The first-order valence-electron chi connectivity index (χ1n) is 8.41. The second-order valence-electron chi connectivity index (χ2n) is 6.33. The molecule has 1 amide bonds. The largest absolute Gasteiger partial charge is 0.494 e. The van der Waals surface area contributed by atoms with Gasteiger partial charge in [-0.25, -0.2) is 4.68 Å². The zero-order valence-corrected chi connectivity index (χ0v) is 14.6. The van der Waals surface area contributed by atoms with Gasteiger partial charge >= 0.3 is 0 Å². The van der Waals surface area contributed by atoms with Crippen LogP contribution in [0.5, 0.6) is 5.75 Å². The molecule has 1 saturated carbocycles. The highest BCUT2D eigenvalue weighted by Gasteiger charge is 2.29. The molecule has 26 heavy (non-hydrogen) atoms. The van der Waals surface area contributed by atoms with E-state index in [1.54, 1.807) is 25.0 Å². The highest BCUT2D eigenvalue weighted by atomic mass is 16.5. The lowest BCUT2D eigenvalue weighted by Crippen LogP contribution is -2.26. The monoisotopic (exact) mass is 353 g/mol. The van der Waals surface area contributed by atoms with Crippen LogP contribution >= 0.6 is 0 Å². The fourth-order valence-corrected chi connectivity index (χ4v) is 2.72. The number of para-hydroxylation sites is 2. The Labute approximate surface area is 150 Å². The van der Waals surface area contributed by atoms with Crippen molar-refractivity contribution in [3.05, 3.63) is 53.9 Å². The number of amides is 1. The van der Waals surface area contributed by atoms with Gasteiger partial charge in [0.25, 0.3) is 5.91 Å². The normalized spacial score (nSPS) is 13.6. The number of hydrogen-bond acceptors (Lipinski definition) is 6. The smallest absolute Gasteiger partial charge is 0.257 e. The second kappa shape index (κ2) is 6.62. The summed E-state index contributed by atoms with van der Waals surface area (Å²) < 4.78 is 12.2. The molecular weight excluding hydrogens is 334 g/mol.